The number of aryl methyl sites for hydroxylation is 1. The quantitative estimate of drug-likeness (QED) is 0.706. The summed E-state index contributed by atoms with van der Waals surface area (Å²) in [4.78, 5) is 24.2. The molecule has 1 aromatic carbocycles. The lowest BCUT2D eigenvalue weighted by Crippen LogP contribution is -2.43. The minimum absolute atomic E-state index is 0.157. The second-order valence-electron chi connectivity index (χ2n) is 4.95. The van der Waals surface area contributed by atoms with Crippen molar-refractivity contribution < 1.29 is 12.8 Å². The van der Waals surface area contributed by atoms with Gasteiger partial charge in [-0.15, -0.1) is 0 Å². The summed E-state index contributed by atoms with van der Waals surface area (Å²) in [6.45, 7) is 1.42. The maximum absolute atomic E-state index is 14.3. The molecule has 0 atom stereocenters. The summed E-state index contributed by atoms with van der Waals surface area (Å²) in [5.41, 5.74) is -2.83. The number of nitrogens with zero attached hydrogens (tertiary/aromatic N) is 3. The molecule has 0 radical (unpaired) electrons. The molecule has 0 unspecified atom stereocenters. The van der Waals surface area contributed by atoms with Gasteiger partial charge in [-0.1, -0.05) is 0 Å². The van der Waals surface area contributed by atoms with Crippen molar-refractivity contribution >= 4 is 15.7 Å². The predicted molar refractivity (Wildman–Crippen MR) is 84.3 cm³/mol. The van der Waals surface area contributed by atoms with Gasteiger partial charge in [0.15, 0.2) is 0 Å². The number of benzene rings is 1. The minimum Gasteiger partial charge on any atom is -0.335 e. The van der Waals surface area contributed by atoms with E-state index in [1.807, 2.05) is 4.72 Å². The molecular formula is C13H12FN5O4S. The summed E-state index contributed by atoms with van der Waals surface area (Å²) in [5, 5.41) is 8.98. The third-order valence-corrected chi connectivity index (χ3v) is 3.66. The molecule has 126 valence electrons. The Bertz CT molecular complexity index is 1100. The number of sulfonamides is 1. The molecule has 3 N–H and O–H groups in total. The van der Waals surface area contributed by atoms with Gasteiger partial charge in [-0.2, -0.15) is 5.26 Å². The van der Waals surface area contributed by atoms with Crippen LogP contribution in [0.5, 0.6) is 0 Å². The van der Waals surface area contributed by atoms with Gasteiger partial charge >= 0.3 is 5.69 Å². The van der Waals surface area contributed by atoms with E-state index < -0.39 is 32.8 Å². The van der Waals surface area contributed by atoms with Crippen LogP contribution >= 0.6 is 0 Å². The molecule has 24 heavy (non-hydrogen) atoms. The Kier molecular flexibility index (Phi) is 4.18. The van der Waals surface area contributed by atoms with Gasteiger partial charge in [0.25, 0.3) is 5.56 Å². The maximum atomic E-state index is 14.3. The Morgan fingerprint density at radius 2 is 1.92 bits per heavy atom. The molecule has 0 aliphatic heterocycles. The van der Waals surface area contributed by atoms with Crippen molar-refractivity contribution in [2.45, 2.75) is 6.92 Å². The van der Waals surface area contributed by atoms with Gasteiger partial charge in [-0.05, 0) is 19.1 Å². The molecule has 2 aromatic rings. The second-order valence-corrected chi connectivity index (χ2v) is 6.70. The number of nitrogen functional groups attached to an aromatic ring is 1. The van der Waals surface area contributed by atoms with E-state index in [-0.39, 0.29) is 16.9 Å². The largest absolute Gasteiger partial charge is 0.354 e. The fourth-order valence-electron chi connectivity index (χ4n) is 2.00. The Balaban J connectivity index is 2.85. The summed E-state index contributed by atoms with van der Waals surface area (Å²) in [6.07, 6.45) is 0.835. The van der Waals surface area contributed by atoms with Gasteiger partial charge in [0.1, 0.15) is 11.9 Å². The van der Waals surface area contributed by atoms with Gasteiger partial charge in [-0.25, -0.2) is 26.8 Å². The second kappa shape index (κ2) is 5.82. The van der Waals surface area contributed by atoms with Crippen molar-refractivity contribution in [3.63, 3.8) is 0 Å². The first-order valence-electron chi connectivity index (χ1n) is 6.37. The van der Waals surface area contributed by atoms with E-state index in [1.165, 1.54) is 6.92 Å². The first-order chi connectivity index (χ1) is 11.0. The number of nitrogens with one attached hydrogen (secondary N) is 1. The molecule has 9 nitrogen and oxygen atoms in total. The van der Waals surface area contributed by atoms with Crippen LogP contribution in [0.2, 0.25) is 0 Å². The summed E-state index contributed by atoms with van der Waals surface area (Å²) in [6, 6.07) is 4.24. The number of hydrogen-bond acceptors (Lipinski definition) is 6. The lowest BCUT2D eigenvalue weighted by molar-refractivity contribution is 0.604. The lowest BCUT2D eigenvalue weighted by atomic mass is 10.1. The zero-order valence-electron chi connectivity index (χ0n) is 12.6. The smallest absolute Gasteiger partial charge is 0.335 e. The highest BCUT2D eigenvalue weighted by Crippen LogP contribution is 2.22. The van der Waals surface area contributed by atoms with Crippen LogP contribution in [-0.2, 0) is 10.0 Å². The minimum atomic E-state index is -3.78. The fraction of sp³-hybridized carbons (Fsp3) is 0.154. The fourth-order valence-corrected chi connectivity index (χ4v) is 2.57. The zero-order valence-corrected chi connectivity index (χ0v) is 13.4. The third-order valence-electron chi connectivity index (χ3n) is 3.07. The molecule has 1 heterocycles. The number of rotatable bonds is 3. The third kappa shape index (κ3) is 3.13. The zero-order chi connectivity index (χ0) is 18.2. The molecule has 0 saturated carbocycles. The first kappa shape index (κ1) is 17.2. The topological polar surface area (TPSA) is 140 Å². The average Bonchev–Trinajstić information content (AvgIpc) is 2.46. The number of anilines is 1. The number of halogens is 1. The molecule has 0 aliphatic carbocycles. The van der Waals surface area contributed by atoms with Crippen LogP contribution in [0.15, 0.2) is 27.8 Å². The highest BCUT2D eigenvalue weighted by Gasteiger charge is 2.18. The maximum Gasteiger partial charge on any atom is 0.354 e. The van der Waals surface area contributed by atoms with E-state index in [1.54, 1.807) is 6.07 Å². The summed E-state index contributed by atoms with van der Waals surface area (Å²) in [7, 11) is -3.78. The molecule has 0 amide bonds. The Hall–Kier alpha value is -3.13. The normalized spacial score (nSPS) is 11.1. The van der Waals surface area contributed by atoms with Crippen molar-refractivity contribution in [3.8, 4) is 11.8 Å². The van der Waals surface area contributed by atoms with Gasteiger partial charge in [0.05, 0.1) is 23.2 Å². The van der Waals surface area contributed by atoms with Gasteiger partial charge in [0.2, 0.25) is 10.0 Å². The Morgan fingerprint density at radius 1 is 1.29 bits per heavy atom. The van der Waals surface area contributed by atoms with Crippen LogP contribution in [0, 0.1) is 24.1 Å². The molecule has 0 aliphatic rings. The van der Waals surface area contributed by atoms with Crippen molar-refractivity contribution in [2.75, 3.05) is 16.8 Å². The molecule has 0 fully saturated rings. The van der Waals surface area contributed by atoms with Gasteiger partial charge < -0.3 is 5.84 Å². The van der Waals surface area contributed by atoms with Crippen LogP contribution in [0.4, 0.5) is 10.1 Å². The van der Waals surface area contributed by atoms with Gasteiger partial charge in [0, 0.05) is 11.8 Å². The first-order valence-corrected chi connectivity index (χ1v) is 8.27. The van der Waals surface area contributed by atoms with Crippen molar-refractivity contribution in [1.29, 1.82) is 5.26 Å². The Morgan fingerprint density at radius 3 is 2.46 bits per heavy atom. The van der Waals surface area contributed by atoms with E-state index in [0.29, 0.717) is 9.24 Å². The SMILES string of the molecule is Cc1cc(=O)n(-c2cc(NS(C)(=O)=O)c(C#N)cc2F)c(=O)n1N. The average molecular weight is 353 g/mol. The van der Waals surface area contributed by atoms with Crippen LogP contribution < -0.4 is 21.8 Å². The van der Waals surface area contributed by atoms with Crippen molar-refractivity contribution in [3.05, 3.63) is 56.1 Å². The van der Waals surface area contributed by atoms with Crippen LogP contribution in [-0.4, -0.2) is 23.9 Å². The molecule has 0 spiro atoms. The monoisotopic (exact) mass is 353 g/mol. The standard InChI is InChI=1S/C13H12FN5O4S/c1-7-3-12(20)18(13(21)19(7)16)11-5-10(17-24(2,22)23)8(6-15)4-9(11)14/h3-5,17H,16H2,1-2H3. The molecule has 0 bridgehead atoms. The van der Waals surface area contributed by atoms with Crippen molar-refractivity contribution in [1.82, 2.24) is 9.24 Å². The van der Waals surface area contributed by atoms with E-state index >= 15 is 0 Å². The van der Waals surface area contributed by atoms with E-state index in [4.69, 9.17) is 11.1 Å². The number of nitriles is 1. The van der Waals surface area contributed by atoms with Crippen LogP contribution in [0.25, 0.3) is 5.69 Å². The number of aromatic nitrogens is 2. The molecule has 11 heteroatoms. The van der Waals surface area contributed by atoms with E-state index in [9.17, 15) is 22.4 Å². The molecular weight excluding hydrogens is 341 g/mol. The molecule has 2 rings (SSSR count). The summed E-state index contributed by atoms with van der Waals surface area (Å²) < 4.78 is 40.1. The summed E-state index contributed by atoms with van der Waals surface area (Å²) in [5.74, 6) is 4.43. The van der Waals surface area contributed by atoms with E-state index in [0.717, 1.165) is 24.5 Å². The highest BCUT2D eigenvalue weighted by molar-refractivity contribution is 7.92. The predicted octanol–water partition coefficient (Wildman–Crippen LogP) is -0.596. The van der Waals surface area contributed by atoms with Crippen molar-refractivity contribution in [2.24, 2.45) is 0 Å². The summed E-state index contributed by atoms with van der Waals surface area (Å²) >= 11 is 0. The van der Waals surface area contributed by atoms with Crippen LogP contribution in [0.1, 0.15) is 11.3 Å². The Labute approximate surface area is 135 Å². The lowest BCUT2D eigenvalue weighted by Gasteiger charge is -2.13. The van der Waals surface area contributed by atoms with E-state index in [2.05, 4.69) is 0 Å². The molecule has 1 aromatic heterocycles. The number of nitrogens with two attached hydrogens (primary N) is 1. The van der Waals surface area contributed by atoms with Gasteiger partial charge in [-0.3, -0.25) is 9.52 Å². The number of hydrogen-bond donors (Lipinski definition) is 2. The molecule has 0 saturated heterocycles. The van der Waals surface area contributed by atoms with Crippen LogP contribution in [0.3, 0.4) is 0 Å². The highest BCUT2D eigenvalue weighted by atomic mass is 32.2.